The van der Waals surface area contributed by atoms with E-state index in [1.54, 1.807) is 0 Å². The van der Waals surface area contributed by atoms with Crippen molar-refractivity contribution in [3.63, 3.8) is 0 Å². The quantitative estimate of drug-likeness (QED) is 0.746. The third-order valence-corrected chi connectivity index (χ3v) is 4.97. The van der Waals surface area contributed by atoms with Gasteiger partial charge in [0, 0.05) is 22.4 Å². The third-order valence-electron chi connectivity index (χ3n) is 4.20. The van der Waals surface area contributed by atoms with Gasteiger partial charge in [-0.1, -0.05) is 59.7 Å². The second kappa shape index (κ2) is 5.60. The van der Waals surface area contributed by atoms with E-state index in [1.165, 1.54) is 11.1 Å². The summed E-state index contributed by atoms with van der Waals surface area (Å²) in [5.41, 5.74) is 2.20. The number of benzene rings is 2. The molecule has 4 heteroatoms. The van der Waals surface area contributed by atoms with E-state index in [1.807, 2.05) is 24.3 Å². The highest BCUT2D eigenvalue weighted by Crippen LogP contribution is 2.44. The van der Waals surface area contributed by atoms with Gasteiger partial charge >= 0.3 is 0 Å². The molecule has 21 heavy (non-hydrogen) atoms. The summed E-state index contributed by atoms with van der Waals surface area (Å²) in [6.07, 6.45) is 0.843. The molecule has 3 rings (SSSR count). The van der Waals surface area contributed by atoms with Crippen molar-refractivity contribution in [2.75, 3.05) is 0 Å². The molecule has 1 fully saturated rings. The average molecular weight is 336 g/mol. The fraction of sp³-hybridized carbons (Fsp3) is 0.235. The van der Waals surface area contributed by atoms with Gasteiger partial charge in [-0.3, -0.25) is 0 Å². The predicted octanol–water partition coefficient (Wildman–Crippen LogP) is 5.31. The minimum atomic E-state index is -0.227. The van der Waals surface area contributed by atoms with Crippen LogP contribution in [0.4, 0.5) is 0 Å². The Labute approximate surface area is 140 Å². The summed E-state index contributed by atoms with van der Waals surface area (Å²) in [5.74, 6) is 0.281. The molecule has 0 saturated carbocycles. The maximum absolute atomic E-state index is 6.00. The van der Waals surface area contributed by atoms with Crippen molar-refractivity contribution in [1.82, 2.24) is 5.32 Å². The van der Waals surface area contributed by atoms with Crippen LogP contribution in [-0.2, 0) is 5.54 Å². The van der Waals surface area contributed by atoms with Gasteiger partial charge in [-0.2, -0.15) is 0 Å². The van der Waals surface area contributed by atoms with Crippen molar-refractivity contribution in [2.24, 2.45) is 0 Å². The van der Waals surface area contributed by atoms with E-state index in [0.717, 1.165) is 21.5 Å². The van der Waals surface area contributed by atoms with E-state index in [0.29, 0.717) is 0 Å². The highest BCUT2D eigenvalue weighted by Gasteiger charge is 2.43. The number of hydrogen-bond donors (Lipinski definition) is 1. The molecule has 0 aliphatic carbocycles. The number of rotatable bonds is 2. The molecule has 2 atom stereocenters. The molecule has 1 saturated heterocycles. The van der Waals surface area contributed by atoms with Crippen LogP contribution in [-0.4, -0.2) is 4.99 Å². The second-order valence-electron chi connectivity index (χ2n) is 5.57. The van der Waals surface area contributed by atoms with Crippen molar-refractivity contribution < 1.29 is 0 Å². The van der Waals surface area contributed by atoms with E-state index in [9.17, 15) is 0 Å². The minimum Gasteiger partial charge on any atom is -0.370 e. The van der Waals surface area contributed by atoms with E-state index >= 15 is 0 Å². The average Bonchev–Trinajstić information content (AvgIpc) is 2.76. The van der Waals surface area contributed by atoms with Crippen LogP contribution in [0.1, 0.15) is 30.4 Å². The number of thiocarbonyl (C=S) groups is 1. The van der Waals surface area contributed by atoms with Crippen LogP contribution < -0.4 is 5.32 Å². The Hall–Kier alpha value is -1.09. The second-order valence-corrected chi connectivity index (χ2v) is 6.93. The summed E-state index contributed by atoms with van der Waals surface area (Å²) >= 11 is 17.4. The first-order valence-electron chi connectivity index (χ1n) is 6.81. The fourth-order valence-corrected chi connectivity index (χ4v) is 3.66. The standard InChI is InChI=1S/C17H15Cl2NS/c1-17(12-4-8-14(19)9-5-12)15(10-16(21)20-17)11-2-6-13(18)7-3-11/h2-9,15H,10H2,1H3,(H,20,21)/t15-,17+/m1/s1. The van der Waals surface area contributed by atoms with Gasteiger partial charge in [0.2, 0.25) is 0 Å². The van der Waals surface area contributed by atoms with Crippen LogP contribution in [0.3, 0.4) is 0 Å². The Kier molecular flexibility index (Phi) is 3.96. The molecule has 0 amide bonds. The van der Waals surface area contributed by atoms with Crippen LogP contribution in [0.2, 0.25) is 10.0 Å². The molecule has 0 radical (unpaired) electrons. The van der Waals surface area contributed by atoms with Crippen molar-refractivity contribution in [1.29, 1.82) is 0 Å². The summed E-state index contributed by atoms with van der Waals surface area (Å²) in [7, 11) is 0. The molecule has 1 heterocycles. The van der Waals surface area contributed by atoms with E-state index in [2.05, 4.69) is 36.5 Å². The predicted molar refractivity (Wildman–Crippen MR) is 93.3 cm³/mol. The van der Waals surface area contributed by atoms with Crippen molar-refractivity contribution >= 4 is 40.4 Å². The van der Waals surface area contributed by atoms with Gasteiger partial charge in [-0.15, -0.1) is 0 Å². The maximum Gasteiger partial charge on any atom is 0.0767 e. The lowest BCUT2D eigenvalue weighted by atomic mass is 9.77. The highest BCUT2D eigenvalue weighted by atomic mass is 35.5. The van der Waals surface area contributed by atoms with Gasteiger partial charge in [0.1, 0.15) is 0 Å². The van der Waals surface area contributed by atoms with Gasteiger partial charge in [0.15, 0.2) is 0 Å². The summed E-state index contributed by atoms with van der Waals surface area (Å²) < 4.78 is 0. The van der Waals surface area contributed by atoms with E-state index in [-0.39, 0.29) is 11.5 Å². The minimum absolute atomic E-state index is 0.227. The molecule has 1 N–H and O–H groups in total. The fourth-order valence-electron chi connectivity index (χ4n) is 3.03. The first kappa shape index (κ1) is 14.8. The number of halogens is 2. The van der Waals surface area contributed by atoms with Gasteiger partial charge in [-0.05, 0) is 42.3 Å². The maximum atomic E-state index is 6.00. The van der Waals surface area contributed by atoms with Crippen molar-refractivity contribution in [3.05, 3.63) is 69.7 Å². The Morgan fingerprint density at radius 3 is 2.10 bits per heavy atom. The van der Waals surface area contributed by atoms with Gasteiger partial charge in [0.25, 0.3) is 0 Å². The van der Waals surface area contributed by atoms with Gasteiger partial charge in [0.05, 0.1) is 10.5 Å². The Morgan fingerprint density at radius 2 is 1.52 bits per heavy atom. The topological polar surface area (TPSA) is 12.0 Å². The first-order chi connectivity index (χ1) is 9.99. The van der Waals surface area contributed by atoms with Crippen LogP contribution in [0.5, 0.6) is 0 Å². The lowest BCUT2D eigenvalue weighted by Crippen LogP contribution is -2.38. The Morgan fingerprint density at radius 1 is 1.00 bits per heavy atom. The monoisotopic (exact) mass is 335 g/mol. The Bertz CT molecular complexity index is 666. The molecule has 2 aromatic carbocycles. The zero-order valence-corrected chi connectivity index (χ0v) is 13.9. The third kappa shape index (κ3) is 2.80. The number of hydrogen-bond acceptors (Lipinski definition) is 1. The lowest BCUT2D eigenvalue weighted by molar-refractivity contribution is 0.396. The Balaban J connectivity index is 2.04. The SMILES string of the molecule is C[C@@]1(c2ccc(Cl)cc2)NC(=S)C[C@@H]1c1ccc(Cl)cc1. The zero-order chi connectivity index (χ0) is 15.0. The summed E-state index contributed by atoms with van der Waals surface area (Å²) in [6, 6.07) is 16.0. The van der Waals surface area contributed by atoms with Crippen LogP contribution in [0.15, 0.2) is 48.5 Å². The van der Waals surface area contributed by atoms with E-state index < -0.39 is 0 Å². The smallest absolute Gasteiger partial charge is 0.0767 e. The zero-order valence-electron chi connectivity index (χ0n) is 11.6. The molecule has 2 aromatic rings. The molecule has 0 unspecified atom stereocenters. The molecule has 0 spiro atoms. The molecular formula is C17H15Cl2NS. The molecule has 1 aliphatic rings. The van der Waals surface area contributed by atoms with Crippen molar-refractivity contribution in [3.8, 4) is 0 Å². The highest BCUT2D eigenvalue weighted by molar-refractivity contribution is 7.80. The van der Waals surface area contributed by atoms with Gasteiger partial charge in [-0.25, -0.2) is 0 Å². The van der Waals surface area contributed by atoms with Crippen molar-refractivity contribution in [2.45, 2.75) is 24.8 Å². The molecule has 1 nitrogen and oxygen atoms in total. The van der Waals surface area contributed by atoms with Crippen LogP contribution in [0.25, 0.3) is 0 Å². The van der Waals surface area contributed by atoms with Gasteiger partial charge < -0.3 is 5.32 Å². The van der Waals surface area contributed by atoms with Crippen LogP contribution >= 0.6 is 35.4 Å². The first-order valence-corrected chi connectivity index (χ1v) is 7.98. The normalized spacial score (nSPS) is 24.9. The lowest BCUT2D eigenvalue weighted by Gasteiger charge is -2.32. The van der Waals surface area contributed by atoms with Crippen LogP contribution in [0, 0.1) is 0 Å². The summed E-state index contributed by atoms with van der Waals surface area (Å²) in [4.78, 5) is 0.896. The molecule has 1 aliphatic heterocycles. The number of nitrogens with one attached hydrogen (secondary N) is 1. The molecule has 0 aromatic heterocycles. The largest absolute Gasteiger partial charge is 0.370 e. The van der Waals surface area contributed by atoms with E-state index in [4.69, 9.17) is 35.4 Å². The molecular weight excluding hydrogens is 321 g/mol. The molecule has 0 bridgehead atoms. The summed E-state index contributed by atoms with van der Waals surface area (Å²) in [6.45, 7) is 2.19. The summed E-state index contributed by atoms with van der Waals surface area (Å²) in [5, 5.41) is 4.98. The molecule has 108 valence electrons.